The van der Waals surface area contributed by atoms with Crippen molar-refractivity contribution in [1.82, 2.24) is 14.4 Å². The molecular formula is C11H14N4O. The van der Waals surface area contributed by atoms with Gasteiger partial charge in [-0.15, -0.1) is 0 Å². The Balaban J connectivity index is 2.70. The van der Waals surface area contributed by atoms with E-state index in [1.807, 2.05) is 18.2 Å². The van der Waals surface area contributed by atoms with Gasteiger partial charge in [0.25, 0.3) is 0 Å². The number of Topliss-reactive ketones (excluding diaryl/α,β-unsaturated/α-hetero) is 1. The minimum Gasteiger partial charge on any atom is -0.321 e. The van der Waals surface area contributed by atoms with Gasteiger partial charge in [0.1, 0.15) is 17.2 Å². The number of aryl methyl sites for hydroxylation is 2. The van der Waals surface area contributed by atoms with Crippen LogP contribution >= 0.6 is 0 Å². The smallest absolute Gasteiger partial charge is 0.199 e. The Kier molecular flexibility index (Phi) is 2.47. The lowest BCUT2D eigenvalue weighted by Crippen LogP contribution is -2.27. The molecule has 1 atom stereocenters. The maximum Gasteiger partial charge on any atom is 0.199 e. The van der Waals surface area contributed by atoms with Crippen molar-refractivity contribution >= 4 is 11.4 Å². The number of aromatic nitrogens is 3. The van der Waals surface area contributed by atoms with Gasteiger partial charge in [-0.1, -0.05) is 0 Å². The third kappa shape index (κ3) is 1.49. The van der Waals surface area contributed by atoms with Crippen LogP contribution in [0.4, 0.5) is 0 Å². The molecule has 5 heteroatoms. The molecule has 2 aromatic heterocycles. The number of ketones is 1. The van der Waals surface area contributed by atoms with E-state index in [4.69, 9.17) is 5.73 Å². The van der Waals surface area contributed by atoms with Crippen LogP contribution in [0.25, 0.3) is 5.65 Å². The van der Waals surface area contributed by atoms with Crippen molar-refractivity contribution in [2.45, 2.75) is 26.8 Å². The first-order valence-electron chi connectivity index (χ1n) is 5.13. The molecule has 0 bridgehead atoms. The Morgan fingerprint density at radius 1 is 1.50 bits per heavy atom. The maximum absolute atomic E-state index is 11.8. The molecule has 0 saturated heterocycles. The number of rotatable bonds is 2. The van der Waals surface area contributed by atoms with E-state index < -0.39 is 6.04 Å². The molecule has 0 saturated carbocycles. The molecule has 2 aromatic rings. The van der Waals surface area contributed by atoms with Gasteiger partial charge >= 0.3 is 0 Å². The first kappa shape index (κ1) is 10.8. The monoisotopic (exact) mass is 218 g/mol. The Labute approximate surface area is 93.3 Å². The molecule has 0 amide bonds. The van der Waals surface area contributed by atoms with E-state index in [-0.39, 0.29) is 5.78 Å². The second-order valence-corrected chi connectivity index (χ2v) is 3.88. The summed E-state index contributed by atoms with van der Waals surface area (Å²) >= 11 is 0. The van der Waals surface area contributed by atoms with Gasteiger partial charge in [-0.3, -0.25) is 9.20 Å². The zero-order valence-electron chi connectivity index (χ0n) is 9.56. The maximum atomic E-state index is 11.8. The molecule has 0 fully saturated rings. The van der Waals surface area contributed by atoms with Crippen LogP contribution in [-0.2, 0) is 0 Å². The zero-order valence-corrected chi connectivity index (χ0v) is 9.56. The van der Waals surface area contributed by atoms with E-state index in [0.717, 1.165) is 17.2 Å². The predicted molar refractivity (Wildman–Crippen MR) is 60.4 cm³/mol. The second-order valence-electron chi connectivity index (χ2n) is 3.88. The molecule has 84 valence electrons. The normalized spacial score (nSPS) is 13.0. The van der Waals surface area contributed by atoms with Crippen molar-refractivity contribution < 1.29 is 4.79 Å². The summed E-state index contributed by atoms with van der Waals surface area (Å²) in [7, 11) is 0. The molecule has 0 aliphatic heterocycles. The van der Waals surface area contributed by atoms with E-state index in [1.165, 1.54) is 0 Å². The van der Waals surface area contributed by atoms with Crippen LogP contribution in [0.3, 0.4) is 0 Å². The molecule has 1 unspecified atom stereocenters. The largest absolute Gasteiger partial charge is 0.321 e. The van der Waals surface area contributed by atoms with Crippen LogP contribution < -0.4 is 5.73 Å². The number of nitrogens with zero attached hydrogens (tertiary/aromatic N) is 3. The topological polar surface area (TPSA) is 73.3 Å². The first-order valence-corrected chi connectivity index (χ1v) is 5.13. The fourth-order valence-corrected chi connectivity index (χ4v) is 1.76. The lowest BCUT2D eigenvalue weighted by molar-refractivity contribution is 0.0963. The van der Waals surface area contributed by atoms with Gasteiger partial charge < -0.3 is 5.73 Å². The number of hydrogen-bond donors (Lipinski definition) is 1. The summed E-state index contributed by atoms with van der Waals surface area (Å²) in [5.74, 6) is 0.673. The lowest BCUT2D eigenvalue weighted by atomic mass is 10.1. The molecule has 0 aromatic carbocycles. The summed E-state index contributed by atoms with van der Waals surface area (Å²) in [4.78, 5) is 20.3. The number of carbonyl (C=O) groups excluding carboxylic acids is 1. The first-order chi connectivity index (χ1) is 7.52. The highest BCUT2D eigenvalue weighted by Gasteiger charge is 2.19. The SMILES string of the molecule is Cc1nccc2nc(C(=O)C(C)N)c(C)n12. The third-order valence-corrected chi connectivity index (χ3v) is 2.59. The summed E-state index contributed by atoms with van der Waals surface area (Å²) in [6, 6.07) is 1.25. The van der Waals surface area contributed by atoms with Gasteiger partial charge in [-0.05, 0) is 26.8 Å². The molecule has 16 heavy (non-hydrogen) atoms. The van der Waals surface area contributed by atoms with Crippen molar-refractivity contribution in [3.63, 3.8) is 0 Å². The zero-order chi connectivity index (χ0) is 11.9. The number of imidazole rings is 1. The van der Waals surface area contributed by atoms with Crippen molar-refractivity contribution in [2.24, 2.45) is 5.73 Å². The molecule has 2 heterocycles. The van der Waals surface area contributed by atoms with Gasteiger partial charge in [0, 0.05) is 6.20 Å². The van der Waals surface area contributed by atoms with Crippen LogP contribution in [0.1, 0.15) is 28.9 Å². The molecule has 5 nitrogen and oxygen atoms in total. The average Bonchev–Trinajstić information content (AvgIpc) is 2.56. The Morgan fingerprint density at radius 2 is 2.19 bits per heavy atom. The lowest BCUT2D eigenvalue weighted by Gasteiger charge is -2.02. The van der Waals surface area contributed by atoms with Crippen LogP contribution in [0.15, 0.2) is 12.3 Å². The van der Waals surface area contributed by atoms with E-state index in [2.05, 4.69) is 9.97 Å². The quantitative estimate of drug-likeness (QED) is 0.759. The fourth-order valence-electron chi connectivity index (χ4n) is 1.76. The van der Waals surface area contributed by atoms with E-state index in [1.54, 1.807) is 19.2 Å². The molecule has 0 radical (unpaired) electrons. The number of carbonyl (C=O) groups is 1. The Morgan fingerprint density at radius 3 is 2.75 bits per heavy atom. The van der Waals surface area contributed by atoms with Crippen molar-refractivity contribution in [3.05, 3.63) is 29.5 Å². The van der Waals surface area contributed by atoms with Crippen molar-refractivity contribution in [2.75, 3.05) is 0 Å². The van der Waals surface area contributed by atoms with Crippen LogP contribution in [0, 0.1) is 13.8 Å². The van der Waals surface area contributed by atoms with Crippen LogP contribution in [0.5, 0.6) is 0 Å². The van der Waals surface area contributed by atoms with Crippen molar-refractivity contribution in [1.29, 1.82) is 0 Å². The molecule has 0 aliphatic carbocycles. The summed E-state index contributed by atoms with van der Waals surface area (Å²) < 4.78 is 1.86. The van der Waals surface area contributed by atoms with E-state index in [9.17, 15) is 4.79 Å². The average molecular weight is 218 g/mol. The van der Waals surface area contributed by atoms with Crippen LogP contribution in [-0.4, -0.2) is 26.2 Å². The predicted octanol–water partition coefficient (Wildman–Crippen LogP) is 0.876. The summed E-state index contributed by atoms with van der Waals surface area (Å²) in [6.07, 6.45) is 1.68. The highest BCUT2D eigenvalue weighted by molar-refractivity contribution is 5.99. The van der Waals surface area contributed by atoms with E-state index in [0.29, 0.717) is 5.69 Å². The molecule has 2 N–H and O–H groups in total. The van der Waals surface area contributed by atoms with Gasteiger partial charge in [0.05, 0.1) is 11.7 Å². The highest BCUT2D eigenvalue weighted by atomic mass is 16.1. The third-order valence-electron chi connectivity index (χ3n) is 2.59. The molecule has 0 aliphatic rings. The number of nitrogens with two attached hydrogens (primary N) is 1. The highest BCUT2D eigenvalue weighted by Crippen LogP contribution is 2.14. The van der Waals surface area contributed by atoms with Gasteiger partial charge in [0.15, 0.2) is 5.78 Å². The minimum atomic E-state index is -0.531. The van der Waals surface area contributed by atoms with Crippen LogP contribution in [0.2, 0.25) is 0 Å². The fraction of sp³-hybridized carbons (Fsp3) is 0.364. The summed E-state index contributed by atoms with van der Waals surface area (Å²) in [6.45, 7) is 5.39. The summed E-state index contributed by atoms with van der Waals surface area (Å²) in [5, 5.41) is 0. The standard InChI is InChI=1S/C11H14N4O/c1-6(12)11(16)10-7(2)15-8(3)13-5-4-9(15)14-10/h4-6H,12H2,1-3H3. The Bertz CT molecular complexity index is 556. The number of hydrogen-bond acceptors (Lipinski definition) is 4. The van der Waals surface area contributed by atoms with E-state index >= 15 is 0 Å². The molecular weight excluding hydrogens is 204 g/mol. The molecule has 0 spiro atoms. The van der Waals surface area contributed by atoms with Gasteiger partial charge in [0.2, 0.25) is 0 Å². The molecule has 2 rings (SSSR count). The second kappa shape index (κ2) is 3.68. The van der Waals surface area contributed by atoms with Crippen molar-refractivity contribution in [3.8, 4) is 0 Å². The summed E-state index contributed by atoms with van der Waals surface area (Å²) in [5.41, 5.74) is 7.54. The minimum absolute atomic E-state index is 0.138. The Hall–Kier alpha value is -1.75. The number of fused-ring (bicyclic) bond motifs is 1. The van der Waals surface area contributed by atoms with Gasteiger partial charge in [-0.25, -0.2) is 9.97 Å². The van der Waals surface area contributed by atoms with Gasteiger partial charge in [-0.2, -0.15) is 0 Å².